The third kappa shape index (κ3) is 4.52. The lowest BCUT2D eigenvalue weighted by atomic mass is 10.0. The summed E-state index contributed by atoms with van der Waals surface area (Å²) in [5.41, 5.74) is 4.40. The Morgan fingerprint density at radius 1 is 0.829 bits per heavy atom. The van der Waals surface area contributed by atoms with E-state index in [1.54, 1.807) is 30.5 Å². The fourth-order valence-electron chi connectivity index (χ4n) is 4.56. The van der Waals surface area contributed by atoms with E-state index in [0.29, 0.717) is 11.2 Å². The molecule has 3 aromatic carbocycles. The summed E-state index contributed by atoms with van der Waals surface area (Å²) in [7, 11) is -3.82. The molecule has 176 valence electrons. The van der Waals surface area contributed by atoms with E-state index in [1.807, 2.05) is 42.5 Å². The molecule has 4 nitrogen and oxygen atoms in total. The van der Waals surface area contributed by atoms with Crippen LogP contribution in [0.4, 0.5) is 0 Å². The van der Waals surface area contributed by atoms with Crippen molar-refractivity contribution >= 4 is 44.1 Å². The van der Waals surface area contributed by atoms with Gasteiger partial charge >= 0.3 is 0 Å². The number of nitrogens with zero attached hydrogens (tertiary/aromatic N) is 2. The molecule has 0 spiro atoms. The molecule has 35 heavy (non-hydrogen) atoms. The van der Waals surface area contributed by atoms with E-state index < -0.39 is 10.0 Å². The van der Waals surface area contributed by atoms with E-state index in [9.17, 15) is 8.42 Å². The molecule has 5 heteroatoms. The highest BCUT2D eigenvalue weighted by Gasteiger charge is 2.25. The monoisotopic (exact) mass is 480 g/mol. The van der Waals surface area contributed by atoms with E-state index in [1.165, 1.54) is 3.97 Å². The van der Waals surface area contributed by atoms with Gasteiger partial charge in [0, 0.05) is 17.0 Å². The predicted octanol–water partition coefficient (Wildman–Crippen LogP) is 7.33. The highest BCUT2D eigenvalue weighted by molar-refractivity contribution is 7.90. The number of aromatic nitrogens is 2. The standard InChI is InChI=1S/C30H28N2O2S/c1-2-3-6-13-25-20-21-31-30-29(25)27-22-24(17-16-23-11-7-4-8-12-23)18-19-28(27)32(30)35(33,34)26-14-9-5-10-15-26/h4-5,7-12,14-22H,2-3,6,13H2,1H3/b17-16+. The molecule has 0 N–H and O–H groups in total. The summed E-state index contributed by atoms with van der Waals surface area (Å²) in [5, 5.41) is 1.84. The van der Waals surface area contributed by atoms with Gasteiger partial charge in [0.05, 0.1) is 10.4 Å². The smallest absolute Gasteiger partial charge is 0.237 e. The van der Waals surface area contributed by atoms with Gasteiger partial charge in [-0.15, -0.1) is 0 Å². The second-order valence-electron chi connectivity index (χ2n) is 8.73. The number of hydrogen-bond donors (Lipinski definition) is 0. The Labute approximate surface area is 206 Å². The zero-order valence-corrected chi connectivity index (χ0v) is 20.6. The zero-order valence-electron chi connectivity index (χ0n) is 19.8. The number of unbranched alkanes of at least 4 members (excludes halogenated alkanes) is 2. The zero-order chi connectivity index (χ0) is 24.3. The summed E-state index contributed by atoms with van der Waals surface area (Å²) in [6.45, 7) is 2.19. The molecule has 0 unspecified atom stereocenters. The number of pyridine rings is 1. The van der Waals surface area contributed by atoms with Crippen molar-refractivity contribution < 1.29 is 8.42 Å². The molecular weight excluding hydrogens is 452 g/mol. The first-order valence-electron chi connectivity index (χ1n) is 12.1. The molecule has 0 aliphatic carbocycles. The Bertz CT molecular complexity index is 1600. The van der Waals surface area contributed by atoms with Gasteiger partial charge < -0.3 is 0 Å². The van der Waals surface area contributed by atoms with Gasteiger partial charge in [0.25, 0.3) is 10.0 Å². The van der Waals surface area contributed by atoms with Gasteiger partial charge in [0.2, 0.25) is 0 Å². The molecule has 0 radical (unpaired) electrons. The maximum Gasteiger partial charge on any atom is 0.269 e. The molecule has 5 rings (SSSR count). The quantitative estimate of drug-likeness (QED) is 0.173. The van der Waals surface area contributed by atoms with E-state index >= 15 is 0 Å². The maximum absolute atomic E-state index is 13.8. The Hall–Kier alpha value is -3.70. The van der Waals surface area contributed by atoms with Crippen molar-refractivity contribution in [3.8, 4) is 0 Å². The van der Waals surface area contributed by atoms with Crippen molar-refractivity contribution in [1.82, 2.24) is 8.96 Å². The van der Waals surface area contributed by atoms with Crippen LogP contribution < -0.4 is 0 Å². The van der Waals surface area contributed by atoms with Crippen molar-refractivity contribution in [3.63, 3.8) is 0 Å². The van der Waals surface area contributed by atoms with Crippen molar-refractivity contribution in [2.45, 2.75) is 37.5 Å². The largest absolute Gasteiger partial charge is 0.269 e. The number of hydrogen-bond acceptors (Lipinski definition) is 3. The minimum absolute atomic E-state index is 0.255. The van der Waals surface area contributed by atoms with Gasteiger partial charge in [-0.2, -0.15) is 0 Å². The Balaban J connectivity index is 1.73. The first-order valence-corrected chi connectivity index (χ1v) is 13.5. The first-order chi connectivity index (χ1) is 17.1. The molecule has 0 amide bonds. The summed E-state index contributed by atoms with van der Waals surface area (Å²) in [5.74, 6) is 0. The van der Waals surface area contributed by atoms with Gasteiger partial charge in [-0.05, 0) is 59.9 Å². The lowest BCUT2D eigenvalue weighted by Crippen LogP contribution is -2.13. The van der Waals surface area contributed by atoms with E-state index in [2.05, 4.69) is 42.3 Å². The van der Waals surface area contributed by atoms with Gasteiger partial charge in [-0.25, -0.2) is 17.4 Å². The average Bonchev–Trinajstić information content (AvgIpc) is 3.24. The second-order valence-corrected chi connectivity index (χ2v) is 10.5. The van der Waals surface area contributed by atoms with Gasteiger partial charge in [0.1, 0.15) is 0 Å². The van der Waals surface area contributed by atoms with Crippen molar-refractivity contribution in [1.29, 1.82) is 0 Å². The summed E-state index contributed by atoms with van der Waals surface area (Å²) >= 11 is 0. The first kappa shape index (κ1) is 23.1. The number of fused-ring (bicyclic) bond motifs is 3. The van der Waals surface area contributed by atoms with Crippen molar-refractivity contribution in [3.05, 3.63) is 108 Å². The lowest BCUT2D eigenvalue weighted by molar-refractivity contribution is 0.590. The fraction of sp³-hybridized carbons (Fsp3) is 0.167. The van der Waals surface area contributed by atoms with Crippen molar-refractivity contribution in [2.75, 3.05) is 0 Å². The number of aryl methyl sites for hydroxylation is 1. The summed E-state index contributed by atoms with van der Waals surface area (Å²) in [4.78, 5) is 4.84. The van der Waals surface area contributed by atoms with Crippen LogP contribution in [0.15, 0.2) is 96.0 Å². The van der Waals surface area contributed by atoms with Crippen LogP contribution in [-0.4, -0.2) is 17.4 Å². The SMILES string of the molecule is CCCCCc1ccnc2c1c1cc(/C=C/c3ccccc3)ccc1n2S(=O)(=O)c1ccccc1. The molecule has 5 aromatic rings. The van der Waals surface area contributed by atoms with Crippen LogP contribution in [0, 0.1) is 0 Å². The highest BCUT2D eigenvalue weighted by atomic mass is 32.2. The van der Waals surface area contributed by atoms with Crippen LogP contribution in [0.3, 0.4) is 0 Å². The summed E-state index contributed by atoms with van der Waals surface area (Å²) in [6, 6.07) is 26.7. The summed E-state index contributed by atoms with van der Waals surface area (Å²) in [6.07, 6.45) is 10.1. The molecular formula is C30H28N2O2S. The van der Waals surface area contributed by atoms with E-state index in [0.717, 1.165) is 53.1 Å². The third-order valence-corrected chi connectivity index (χ3v) is 8.04. The number of rotatable bonds is 8. The number of benzene rings is 3. The molecule has 0 atom stereocenters. The van der Waals surface area contributed by atoms with Gasteiger partial charge in [-0.1, -0.05) is 86.5 Å². The van der Waals surface area contributed by atoms with Crippen LogP contribution in [0.5, 0.6) is 0 Å². The minimum Gasteiger partial charge on any atom is -0.237 e. The molecule has 0 aliphatic heterocycles. The lowest BCUT2D eigenvalue weighted by Gasteiger charge is -2.09. The van der Waals surface area contributed by atoms with Crippen LogP contribution in [0.25, 0.3) is 34.1 Å². The van der Waals surface area contributed by atoms with Crippen LogP contribution in [-0.2, 0) is 16.4 Å². The minimum atomic E-state index is -3.82. The molecule has 0 saturated carbocycles. The molecule has 0 aliphatic rings. The molecule has 2 aromatic heterocycles. The summed E-state index contributed by atoms with van der Waals surface area (Å²) < 4.78 is 29.0. The highest BCUT2D eigenvalue weighted by Crippen LogP contribution is 2.35. The van der Waals surface area contributed by atoms with Crippen LogP contribution in [0.2, 0.25) is 0 Å². The second kappa shape index (κ2) is 9.88. The maximum atomic E-state index is 13.8. The topological polar surface area (TPSA) is 52.0 Å². The third-order valence-electron chi connectivity index (χ3n) is 6.32. The molecule has 0 fully saturated rings. The van der Waals surface area contributed by atoms with Crippen LogP contribution >= 0.6 is 0 Å². The van der Waals surface area contributed by atoms with Gasteiger partial charge in [-0.3, -0.25) is 0 Å². The van der Waals surface area contributed by atoms with E-state index in [4.69, 9.17) is 0 Å². The Morgan fingerprint density at radius 3 is 2.29 bits per heavy atom. The van der Waals surface area contributed by atoms with Crippen LogP contribution in [0.1, 0.15) is 42.9 Å². The van der Waals surface area contributed by atoms with Gasteiger partial charge in [0.15, 0.2) is 5.65 Å². The van der Waals surface area contributed by atoms with Crippen molar-refractivity contribution in [2.24, 2.45) is 0 Å². The molecule has 0 bridgehead atoms. The fourth-order valence-corrected chi connectivity index (χ4v) is 6.05. The van der Waals surface area contributed by atoms with E-state index in [-0.39, 0.29) is 4.90 Å². The average molecular weight is 481 g/mol. The normalized spacial score (nSPS) is 12.1. The predicted molar refractivity (Wildman–Crippen MR) is 145 cm³/mol. The molecule has 0 saturated heterocycles. The molecule has 2 heterocycles. The Morgan fingerprint density at radius 2 is 1.54 bits per heavy atom. The Kier molecular flexibility index (Phi) is 6.51.